The zero-order valence-electron chi connectivity index (χ0n) is 14.3. The number of aromatic amines is 1. The van der Waals surface area contributed by atoms with Gasteiger partial charge in [-0.2, -0.15) is 9.78 Å². The molecule has 2 aromatic rings. The Kier molecular flexibility index (Phi) is 5.43. The first kappa shape index (κ1) is 18.2. The van der Waals surface area contributed by atoms with Crippen molar-refractivity contribution in [3.63, 3.8) is 0 Å². The van der Waals surface area contributed by atoms with Crippen LogP contribution in [0.15, 0.2) is 16.9 Å². The van der Waals surface area contributed by atoms with Crippen LogP contribution in [-0.2, 0) is 11.2 Å². The van der Waals surface area contributed by atoms with E-state index >= 15 is 0 Å². The van der Waals surface area contributed by atoms with E-state index < -0.39 is 5.41 Å². The number of aromatic nitrogens is 4. The van der Waals surface area contributed by atoms with Crippen molar-refractivity contribution in [2.24, 2.45) is 5.41 Å². The molecule has 8 heteroatoms. The topological polar surface area (TPSA) is 92.7 Å². The van der Waals surface area contributed by atoms with Crippen molar-refractivity contribution >= 4 is 23.3 Å². The maximum Gasteiger partial charge on any atom is 0.252 e. The second kappa shape index (κ2) is 7.17. The second-order valence-electron chi connectivity index (χ2n) is 6.36. The van der Waals surface area contributed by atoms with Crippen LogP contribution in [0, 0.1) is 12.3 Å². The van der Waals surface area contributed by atoms with E-state index in [0.29, 0.717) is 23.6 Å². The predicted molar refractivity (Wildman–Crippen MR) is 93.8 cm³/mol. The number of amides is 1. The van der Waals surface area contributed by atoms with Gasteiger partial charge in [-0.1, -0.05) is 13.3 Å². The van der Waals surface area contributed by atoms with Crippen LogP contribution in [0.1, 0.15) is 38.6 Å². The first-order chi connectivity index (χ1) is 11.3. The van der Waals surface area contributed by atoms with Gasteiger partial charge in [-0.25, -0.2) is 4.98 Å². The second-order valence-corrected chi connectivity index (χ2v) is 6.63. The van der Waals surface area contributed by atoms with Gasteiger partial charge < -0.3 is 5.32 Å². The van der Waals surface area contributed by atoms with Gasteiger partial charge >= 0.3 is 0 Å². The highest BCUT2D eigenvalue weighted by Gasteiger charge is 2.27. The van der Waals surface area contributed by atoms with E-state index in [1.165, 1.54) is 10.7 Å². The molecule has 2 heterocycles. The van der Waals surface area contributed by atoms with Crippen LogP contribution in [-0.4, -0.2) is 31.5 Å². The lowest BCUT2D eigenvalue weighted by Crippen LogP contribution is -2.33. The van der Waals surface area contributed by atoms with Gasteiger partial charge in [0.05, 0.1) is 11.1 Å². The average Bonchev–Trinajstić information content (AvgIpc) is 2.87. The minimum absolute atomic E-state index is 0.188. The maximum absolute atomic E-state index is 12.4. The first-order valence-electron chi connectivity index (χ1n) is 7.81. The normalized spacial score (nSPS) is 11.5. The fourth-order valence-electron chi connectivity index (χ4n) is 2.07. The Hall–Kier alpha value is -2.15. The summed E-state index contributed by atoms with van der Waals surface area (Å²) in [5.41, 5.74) is 0.394. The number of hydrogen-bond donors (Lipinski definition) is 2. The van der Waals surface area contributed by atoms with E-state index in [1.807, 2.05) is 6.92 Å². The molecule has 2 N–H and O–H groups in total. The summed E-state index contributed by atoms with van der Waals surface area (Å²) in [6.45, 7) is 7.32. The summed E-state index contributed by atoms with van der Waals surface area (Å²) in [6.07, 6.45) is 1.57. The smallest absolute Gasteiger partial charge is 0.252 e. The third kappa shape index (κ3) is 4.03. The Morgan fingerprint density at radius 3 is 2.75 bits per heavy atom. The molecule has 2 rings (SSSR count). The SMILES string of the molecule is CCCc1cc(=O)[nH]c(-n2nc(C)cc2NC(=O)C(C)(C)CCl)n1. The van der Waals surface area contributed by atoms with Crippen molar-refractivity contribution in [1.29, 1.82) is 0 Å². The molecule has 0 bridgehead atoms. The zero-order valence-corrected chi connectivity index (χ0v) is 15.1. The van der Waals surface area contributed by atoms with Crippen molar-refractivity contribution in [3.05, 3.63) is 33.9 Å². The number of carbonyl (C=O) groups is 1. The van der Waals surface area contributed by atoms with E-state index in [9.17, 15) is 9.59 Å². The largest absolute Gasteiger partial charge is 0.310 e. The van der Waals surface area contributed by atoms with Crippen LogP contribution in [0.5, 0.6) is 0 Å². The Morgan fingerprint density at radius 1 is 1.42 bits per heavy atom. The van der Waals surface area contributed by atoms with Gasteiger partial charge in [-0.15, -0.1) is 11.6 Å². The molecule has 0 aromatic carbocycles. The molecule has 7 nitrogen and oxygen atoms in total. The third-order valence-electron chi connectivity index (χ3n) is 3.51. The number of halogens is 1. The van der Waals surface area contributed by atoms with Gasteiger partial charge in [0.15, 0.2) is 0 Å². The van der Waals surface area contributed by atoms with Crippen LogP contribution < -0.4 is 10.9 Å². The van der Waals surface area contributed by atoms with Gasteiger partial charge in [0, 0.05) is 23.7 Å². The Bertz CT molecular complexity index is 794. The number of H-pyrrole nitrogens is 1. The molecule has 1 amide bonds. The summed E-state index contributed by atoms with van der Waals surface area (Å²) < 4.78 is 1.43. The van der Waals surface area contributed by atoms with Gasteiger partial charge in [-0.3, -0.25) is 14.6 Å². The number of hydrogen-bond acceptors (Lipinski definition) is 4. The highest BCUT2D eigenvalue weighted by molar-refractivity contribution is 6.20. The van der Waals surface area contributed by atoms with E-state index in [2.05, 4.69) is 20.4 Å². The minimum atomic E-state index is -0.727. The number of aryl methyl sites for hydroxylation is 2. The molecule has 0 radical (unpaired) electrons. The predicted octanol–water partition coefficient (Wildman–Crippen LogP) is 2.42. The molecular weight excluding hydrogens is 330 g/mol. The number of nitrogens with zero attached hydrogens (tertiary/aromatic N) is 3. The number of nitrogens with one attached hydrogen (secondary N) is 2. The molecule has 24 heavy (non-hydrogen) atoms. The standard InChI is InChI=1S/C16H22ClN5O2/c1-5-6-11-8-13(23)20-15(18-11)22-12(7-10(2)21-22)19-14(24)16(3,4)9-17/h7-8H,5-6,9H2,1-4H3,(H,19,24)(H,18,20,23). The number of rotatable bonds is 6. The first-order valence-corrected chi connectivity index (χ1v) is 8.35. The number of carbonyl (C=O) groups excluding carboxylic acids is 1. The fourth-order valence-corrected chi connectivity index (χ4v) is 2.20. The van der Waals surface area contributed by atoms with E-state index in [0.717, 1.165) is 6.42 Å². The molecule has 0 saturated heterocycles. The molecule has 0 atom stereocenters. The van der Waals surface area contributed by atoms with Crippen molar-refractivity contribution in [1.82, 2.24) is 19.7 Å². The van der Waals surface area contributed by atoms with E-state index in [4.69, 9.17) is 11.6 Å². The molecule has 2 aromatic heterocycles. The molecule has 0 unspecified atom stereocenters. The van der Waals surface area contributed by atoms with Crippen molar-refractivity contribution in [2.45, 2.75) is 40.5 Å². The van der Waals surface area contributed by atoms with Crippen LogP contribution >= 0.6 is 11.6 Å². The summed E-state index contributed by atoms with van der Waals surface area (Å²) in [4.78, 5) is 31.3. The summed E-state index contributed by atoms with van der Waals surface area (Å²) in [5, 5.41) is 7.13. The van der Waals surface area contributed by atoms with Gasteiger partial charge in [0.2, 0.25) is 11.9 Å². The van der Waals surface area contributed by atoms with Crippen LogP contribution in [0.25, 0.3) is 5.95 Å². The van der Waals surface area contributed by atoms with Crippen LogP contribution in [0.2, 0.25) is 0 Å². The third-order valence-corrected chi connectivity index (χ3v) is 4.18. The molecule has 0 spiro atoms. The maximum atomic E-state index is 12.4. The van der Waals surface area contributed by atoms with E-state index in [1.54, 1.807) is 26.8 Å². The molecular formula is C16H22ClN5O2. The summed E-state index contributed by atoms with van der Waals surface area (Å²) in [7, 11) is 0. The molecule has 0 aliphatic carbocycles. The summed E-state index contributed by atoms with van der Waals surface area (Å²) >= 11 is 5.85. The number of anilines is 1. The fraction of sp³-hybridized carbons (Fsp3) is 0.500. The Balaban J connectivity index is 2.42. The monoisotopic (exact) mass is 351 g/mol. The molecule has 0 aliphatic rings. The highest BCUT2D eigenvalue weighted by atomic mass is 35.5. The lowest BCUT2D eigenvalue weighted by molar-refractivity contribution is -0.123. The molecule has 0 aliphatic heterocycles. The van der Waals surface area contributed by atoms with Crippen molar-refractivity contribution < 1.29 is 4.79 Å². The minimum Gasteiger partial charge on any atom is -0.310 e. The van der Waals surface area contributed by atoms with Gasteiger partial charge in [0.25, 0.3) is 5.56 Å². The molecule has 130 valence electrons. The van der Waals surface area contributed by atoms with E-state index in [-0.39, 0.29) is 23.3 Å². The van der Waals surface area contributed by atoms with Crippen molar-refractivity contribution in [2.75, 3.05) is 11.2 Å². The zero-order chi connectivity index (χ0) is 17.9. The van der Waals surface area contributed by atoms with Gasteiger partial charge in [0.1, 0.15) is 5.82 Å². The van der Waals surface area contributed by atoms with Crippen LogP contribution in [0.3, 0.4) is 0 Å². The lowest BCUT2D eigenvalue weighted by atomic mass is 9.95. The Morgan fingerprint density at radius 2 is 2.12 bits per heavy atom. The number of alkyl halides is 1. The van der Waals surface area contributed by atoms with Crippen molar-refractivity contribution in [3.8, 4) is 5.95 Å². The highest BCUT2D eigenvalue weighted by Crippen LogP contribution is 2.21. The molecule has 0 saturated carbocycles. The lowest BCUT2D eigenvalue weighted by Gasteiger charge is -2.20. The Labute approximate surface area is 145 Å². The summed E-state index contributed by atoms with van der Waals surface area (Å²) in [5.74, 6) is 0.670. The molecule has 0 fully saturated rings. The van der Waals surface area contributed by atoms with Gasteiger partial charge in [-0.05, 0) is 27.2 Å². The quantitative estimate of drug-likeness (QED) is 0.781. The van der Waals surface area contributed by atoms with Crippen LogP contribution in [0.4, 0.5) is 5.82 Å². The average molecular weight is 352 g/mol. The summed E-state index contributed by atoms with van der Waals surface area (Å²) in [6, 6.07) is 3.19.